The van der Waals surface area contributed by atoms with Crippen molar-refractivity contribution >= 4 is 38.7 Å². The smallest absolute Gasteiger partial charge is 0.257 e. The highest BCUT2D eigenvalue weighted by atomic mass is 33.4. The van der Waals surface area contributed by atoms with E-state index in [0.29, 0.717) is 13.2 Å². The molecule has 0 aliphatic carbocycles. The first-order valence-electron chi connectivity index (χ1n) is 4.59. The second kappa shape index (κ2) is 6.77. The Hall–Kier alpha value is 1.27. The van der Waals surface area contributed by atoms with Gasteiger partial charge in [0, 0.05) is 4.75 Å². The topological polar surface area (TPSA) is 18.5 Å². The fourth-order valence-electron chi connectivity index (χ4n) is 0.554. The van der Waals surface area contributed by atoms with Crippen LogP contribution >= 0.6 is 26.9 Å². The van der Waals surface area contributed by atoms with Gasteiger partial charge in [0.15, 0.2) is 0 Å². The van der Waals surface area contributed by atoms with E-state index in [1.807, 2.05) is 13.8 Å². The van der Waals surface area contributed by atoms with Gasteiger partial charge < -0.3 is 9.05 Å². The van der Waals surface area contributed by atoms with Gasteiger partial charge in [-0.15, -0.1) is 0 Å². The van der Waals surface area contributed by atoms with E-state index in [1.165, 1.54) is 0 Å². The van der Waals surface area contributed by atoms with Crippen LogP contribution in [0.5, 0.6) is 0 Å². The normalized spacial score (nSPS) is 13.2. The van der Waals surface area contributed by atoms with Crippen molar-refractivity contribution in [2.75, 3.05) is 13.2 Å². The van der Waals surface area contributed by atoms with Gasteiger partial charge in [-0.1, -0.05) is 31.6 Å². The number of hydrogen-bond acceptors (Lipinski definition) is 5. The maximum atomic E-state index is 5.51. The minimum atomic E-state index is -2.10. The molecule has 0 unspecified atom stereocenters. The van der Waals surface area contributed by atoms with Gasteiger partial charge in [-0.05, 0) is 36.1 Å². The summed E-state index contributed by atoms with van der Waals surface area (Å²) >= 11 is 5.38. The lowest BCUT2D eigenvalue weighted by Gasteiger charge is -2.23. The van der Waals surface area contributed by atoms with Gasteiger partial charge in [0.05, 0.1) is 13.2 Å². The molecule has 0 saturated heterocycles. The second-order valence-corrected chi connectivity index (χ2v) is 12.4. The summed E-state index contributed by atoms with van der Waals surface area (Å²) in [5.74, 6) is 0. The first kappa shape index (κ1) is 15.3. The van der Waals surface area contributed by atoms with Gasteiger partial charge in [0.2, 0.25) is 0 Å². The Morgan fingerprint density at radius 3 is 1.86 bits per heavy atom. The average molecular weight is 274 g/mol. The van der Waals surface area contributed by atoms with Crippen LogP contribution in [0.15, 0.2) is 0 Å². The Balaban J connectivity index is 4.16. The first-order chi connectivity index (χ1) is 6.33. The molecule has 0 aromatic rings. The van der Waals surface area contributed by atoms with Gasteiger partial charge in [0.1, 0.15) is 0 Å². The van der Waals surface area contributed by atoms with E-state index < -0.39 is 5.69 Å². The van der Waals surface area contributed by atoms with Crippen LogP contribution in [0.25, 0.3) is 0 Å². The van der Waals surface area contributed by atoms with Gasteiger partial charge >= 0.3 is 0 Å². The standard InChI is InChI=1S/C8H19O2PS3/c1-6-9-11(12,10-7-2)14-13-8(3,4)5/h6-7H2,1-5H3. The van der Waals surface area contributed by atoms with Crippen LogP contribution in [0.4, 0.5) is 0 Å². The average Bonchev–Trinajstić information content (AvgIpc) is 2.01. The van der Waals surface area contributed by atoms with Crippen LogP contribution in [0.1, 0.15) is 34.6 Å². The summed E-state index contributed by atoms with van der Waals surface area (Å²) in [7, 11) is 3.31. The molecule has 0 amide bonds. The van der Waals surface area contributed by atoms with Crippen LogP contribution in [0.3, 0.4) is 0 Å². The summed E-state index contributed by atoms with van der Waals surface area (Å²) in [6, 6.07) is 0. The van der Waals surface area contributed by atoms with E-state index in [9.17, 15) is 0 Å². The zero-order valence-corrected chi connectivity index (χ0v) is 12.7. The summed E-state index contributed by atoms with van der Waals surface area (Å²) in [6.07, 6.45) is 0. The molecule has 0 aromatic carbocycles. The Morgan fingerprint density at radius 1 is 1.14 bits per heavy atom. The van der Waals surface area contributed by atoms with Gasteiger partial charge in [-0.25, -0.2) is 0 Å². The minimum Gasteiger partial charge on any atom is -0.321 e. The van der Waals surface area contributed by atoms with Gasteiger partial charge in [-0.3, -0.25) is 0 Å². The lowest BCUT2D eigenvalue weighted by atomic mass is 10.3. The lowest BCUT2D eigenvalue weighted by Crippen LogP contribution is -2.04. The maximum Gasteiger partial charge on any atom is 0.257 e. The van der Waals surface area contributed by atoms with E-state index in [1.54, 1.807) is 21.2 Å². The van der Waals surface area contributed by atoms with Crippen LogP contribution in [0, 0.1) is 0 Å². The molecule has 0 radical (unpaired) electrons. The predicted molar refractivity (Wildman–Crippen MR) is 72.5 cm³/mol. The molecule has 0 saturated carbocycles. The fraction of sp³-hybridized carbons (Fsp3) is 1.00. The summed E-state index contributed by atoms with van der Waals surface area (Å²) in [6.45, 7) is 11.6. The van der Waals surface area contributed by atoms with E-state index in [4.69, 9.17) is 20.9 Å². The summed E-state index contributed by atoms with van der Waals surface area (Å²) in [5.41, 5.74) is -2.10. The van der Waals surface area contributed by atoms with E-state index >= 15 is 0 Å². The molecule has 14 heavy (non-hydrogen) atoms. The molecular formula is C8H19O2PS3. The highest BCUT2D eigenvalue weighted by Gasteiger charge is 2.23. The fourth-order valence-corrected chi connectivity index (χ4v) is 8.56. The SMILES string of the molecule is CCOP(=S)(OCC)SSC(C)(C)C. The maximum absolute atomic E-state index is 5.51. The third-order valence-electron chi connectivity index (χ3n) is 0.953. The van der Waals surface area contributed by atoms with E-state index in [-0.39, 0.29) is 4.75 Å². The quantitative estimate of drug-likeness (QED) is 0.524. The van der Waals surface area contributed by atoms with Crippen molar-refractivity contribution in [1.82, 2.24) is 0 Å². The van der Waals surface area contributed by atoms with Crippen molar-refractivity contribution in [3.63, 3.8) is 0 Å². The van der Waals surface area contributed by atoms with Crippen molar-refractivity contribution in [2.45, 2.75) is 39.4 Å². The summed E-state index contributed by atoms with van der Waals surface area (Å²) in [4.78, 5) is 0. The molecule has 0 aliphatic heterocycles. The number of rotatable bonds is 6. The monoisotopic (exact) mass is 274 g/mol. The molecule has 0 spiro atoms. The van der Waals surface area contributed by atoms with Crippen molar-refractivity contribution in [1.29, 1.82) is 0 Å². The van der Waals surface area contributed by atoms with E-state index in [0.717, 1.165) is 0 Å². The summed E-state index contributed by atoms with van der Waals surface area (Å²) in [5, 5.41) is 0. The van der Waals surface area contributed by atoms with Crippen molar-refractivity contribution < 1.29 is 9.05 Å². The molecule has 0 atom stereocenters. The van der Waals surface area contributed by atoms with Crippen LogP contribution in [0.2, 0.25) is 0 Å². The van der Waals surface area contributed by atoms with Crippen molar-refractivity contribution in [3.05, 3.63) is 0 Å². The highest BCUT2D eigenvalue weighted by Crippen LogP contribution is 2.67. The third-order valence-corrected chi connectivity index (χ3v) is 10.4. The zero-order chi connectivity index (χ0) is 11.2. The third kappa shape index (κ3) is 7.55. The molecule has 0 heterocycles. The van der Waals surface area contributed by atoms with Crippen LogP contribution in [-0.4, -0.2) is 18.0 Å². The summed E-state index contributed by atoms with van der Waals surface area (Å²) < 4.78 is 11.2. The Morgan fingerprint density at radius 2 is 1.57 bits per heavy atom. The Labute approximate surface area is 100 Å². The highest BCUT2D eigenvalue weighted by molar-refractivity contribution is 9.03. The number of hydrogen-bond donors (Lipinski definition) is 0. The Kier molecular flexibility index (Phi) is 7.38. The molecule has 0 bridgehead atoms. The molecule has 2 nitrogen and oxygen atoms in total. The van der Waals surface area contributed by atoms with Gasteiger partial charge in [0.25, 0.3) is 5.69 Å². The lowest BCUT2D eigenvalue weighted by molar-refractivity contribution is 0.281. The zero-order valence-electron chi connectivity index (χ0n) is 9.40. The molecule has 0 fully saturated rings. The molecule has 86 valence electrons. The Bertz CT molecular complexity index is 193. The van der Waals surface area contributed by atoms with Crippen molar-refractivity contribution in [2.24, 2.45) is 0 Å². The molecule has 0 rings (SSSR count). The molecule has 0 aliphatic rings. The first-order valence-corrected chi connectivity index (χ1v) is 9.99. The largest absolute Gasteiger partial charge is 0.321 e. The van der Waals surface area contributed by atoms with Gasteiger partial charge in [-0.2, -0.15) is 0 Å². The molecular weight excluding hydrogens is 255 g/mol. The molecule has 6 heteroatoms. The minimum absolute atomic E-state index is 0.183. The van der Waals surface area contributed by atoms with Crippen LogP contribution in [-0.2, 0) is 20.9 Å². The van der Waals surface area contributed by atoms with E-state index in [2.05, 4.69) is 20.8 Å². The van der Waals surface area contributed by atoms with Crippen molar-refractivity contribution in [3.8, 4) is 0 Å². The van der Waals surface area contributed by atoms with Crippen LogP contribution < -0.4 is 0 Å². The second-order valence-electron chi connectivity index (χ2n) is 3.55. The predicted octanol–water partition coefficient (Wildman–Crippen LogP) is 4.46. The molecule has 0 aromatic heterocycles. The molecule has 0 N–H and O–H groups in total.